The van der Waals surface area contributed by atoms with Gasteiger partial charge in [0.1, 0.15) is 5.82 Å². The number of piperazine rings is 1. The molecular weight excluding hydrogens is 318 g/mol. The van der Waals surface area contributed by atoms with Crippen molar-refractivity contribution in [1.29, 1.82) is 0 Å². The molecule has 2 heterocycles. The van der Waals surface area contributed by atoms with Gasteiger partial charge in [0.25, 0.3) is 0 Å². The number of hydrogen-bond donors (Lipinski definition) is 1. The molecule has 1 fully saturated rings. The fraction of sp³-hybridized carbons (Fsp3) is 0.571. The summed E-state index contributed by atoms with van der Waals surface area (Å²) < 4.78 is 1.04. The van der Waals surface area contributed by atoms with E-state index in [1.807, 2.05) is 6.92 Å². The Bertz CT molecular complexity index is 469. The largest absolute Gasteiger partial charge is 0.354 e. The molecule has 1 N–H and O–H groups in total. The molecule has 1 aliphatic heterocycles. The van der Waals surface area contributed by atoms with Gasteiger partial charge in [0.05, 0.1) is 0 Å². The van der Waals surface area contributed by atoms with E-state index in [2.05, 4.69) is 60.6 Å². The number of nitrogens with one attached hydrogen (secondary N) is 1. The predicted molar refractivity (Wildman–Crippen MR) is 87.7 cm³/mol. The maximum atomic E-state index is 4.59. The zero-order chi connectivity index (χ0) is 14.5. The molecule has 20 heavy (non-hydrogen) atoms. The Labute approximate surface area is 129 Å². The minimum Gasteiger partial charge on any atom is -0.354 e. The van der Waals surface area contributed by atoms with E-state index in [0.717, 1.165) is 61.2 Å². The van der Waals surface area contributed by atoms with Gasteiger partial charge in [0, 0.05) is 55.5 Å². The van der Waals surface area contributed by atoms with E-state index in [4.69, 9.17) is 0 Å². The Morgan fingerprint density at radius 2 is 2.05 bits per heavy atom. The van der Waals surface area contributed by atoms with Gasteiger partial charge in [0.15, 0.2) is 0 Å². The number of rotatable bonds is 5. The summed E-state index contributed by atoms with van der Waals surface area (Å²) in [4.78, 5) is 13.7. The van der Waals surface area contributed by atoms with Gasteiger partial charge in [-0.05, 0) is 13.8 Å². The first kappa shape index (κ1) is 15.3. The molecule has 0 spiro atoms. The lowest BCUT2D eigenvalue weighted by atomic mass is 10.3. The van der Waals surface area contributed by atoms with Crippen LogP contribution < -0.4 is 10.2 Å². The molecule has 1 aromatic heterocycles. The quantitative estimate of drug-likeness (QED) is 0.891. The minimum atomic E-state index is 0.721. The van der Waals surface area contributed by atoms with E-state index in [0.29, 0.717) is 0 Å². The highest BCUT2D eigenvalue weighted by Crippen LogP contribution is 2.17. The first-order valence-electron chi connectivity index (χ1n) is 6.98. The Morgan fingerprint density at radius 3 is 2.65 bits per heavy atom. The van der Waals surface area contributed by atoms with Crippen LogP contribution in [0.25, 0.3) is 0 Å². The number of anilines is 2. The monoisotopic (exact) mass is 339 g/mol. The molecule has 1 aliphatic rings. The van der Waals surface area contributed by atoms with Crippen molar-refractivity contribution < 1.29 is 0 Å². The van der Waals surface area contributed by atoms with Crippen molar-refractivity contribution in [3.8, 4) is 0 Å². The summed E-state index contributed by atoms with van der Waals surface area (Å²) in [6.45, 7) is 13.8. The SMILES string of the molecule is C=C(Br)CN1CCN(c2cc(C)nc(NCC)n2)CC1. The van der Waals surface area contributed by atoms with E-state index in [9.17, 15) is 0 Å². The second-order valence-electron chi connectivity index (χ2n) is 5.00. The lowest BCUT2D eigenvalue weighted by Gasteiger charge is -2.35. The highest BCUT2D eigenvalue weighted by molar-refractivity contribution is 9.11. The van der Waals surface area contributed by atoms with Crippen LogP contribution in [0.15, 0.2) is 17.1 Å². The van der Waals surface area contributed by atoms with Crippen LogP contribution in [0, 0.1) is 6.92 Å². The number of hydrogen-bond acceptors (Lipinski definition) is 5. The molecule has 2 rings (SSSR count). The number of aromatic nitrogens is 2. The first-order valence-corrected chi connectivity index (χ1v) is 7.78. The van der Waals surface area contributed by atoms with Crippen LogP contribution in [-0.2, 0) is 0 Å². The van der Waals surface area contributed by atoms with E-state index in [1.54, 1.807) is 0 Å². The van der Waals surface area contributed by atoms with Crippen molar-refractivity contribution >= 4 is 27.7 Å². The molecule has 110 valence electrons. The summed E-state index contributed by atoms with van der Waals surface area (Å²) in [5.41, 5.74) is 1.00. The predicted octanol–water partition coefficient (Wildman–Crippen LogP) is 2.25. The van der Waals surface area contributed by atoms with Crippen LogP contribution in [0.1, 0.15) is 12.6 Å². The zero-order valence-corrected chi connectivity index (χ0v) is 13.8. The van der Waals surface area contributed by atoms with Crippen LogP contribution in [-0.4, -0.2) is 54.1 Å². The molecule has 1 aromatic rings. The normalized spacial score (nSPS) is 16.2. The standard InChI is InChI=1S/C14H22BrN5/c1-4-16-14-17-12(3)9-13(18-14)20-7-5-19(6-8-20)10-11(2)15/h9H,2,4-8,10H2,1,3H3,(H,16,17,18). The summed E-state index contributed by atoms with van der Waals surface area (Å²) in [6, 6.07) is 2.06. The van der Waals surface area contributed by atoms with Crippen molar-refractivity contribution in [3.63, 3.8) is 0 Å². The molecule has 0 aliphatic carbocycles. The summed E-state index contributed by atoms with van der Waals surface area (Å²) in [5.74, 6) is 1.74. The molecular formula is C14H22BrN5. The zero-order valence-electron chi connectivity index (χ0n) is 12.2. The summed E-state index contributed by atoms with van der Waals surface area (Å²) in [7, 11) is 0. The van der Waals surface area contributed by atoms with Crippen LogP contribution in [0.4, 0.5) is 11.8 Å². The minimum absolute atomic E-state index is 0.721. The highest BCUT2D eigenvalue weighted by atomic mass is 79.9. The third-order valence-corrected chi connectivity index (χ3v) is 3.52. The van der Waals surface area contributed by atoms with Gasteiger partial charge in [-0.25, -0.2) is 4.98 Å². The second kappa shape index (κ2) is 7.04. The van der Waals surface area contributed by atoms with Gasteiger partial charge < -0.3 is 10.2 Å². The molecule has 0 aromatic carbocycles. The maximum absolute atomic E-state index is 4.59. The first-order chi connectivity index (χ1) is 9.58. The van der Waals surface area contributed by atoms with Crippen molar-refractivity contribution in [1.82, 2.24) is 14.9 Å². The fourth-order valence-electron chi connectivity index (χ4n) is 2.33. The van der Waals surface area contributed by atoms with Gasteiger partial charge in [-0.1, -0.05) is 22.5 Å². The van der Waals surface area contributed by atoms with Gasteiger partial charge in [-0.2, -0.15) is 4.98 Å². The van der Waals surface area contributed by atoms with Gasteiger partial charge in [-0.15, -0.1) is 0 Å². The van der Waals surface area contributed by atoms with Gasteiger partial charge in [-0.3, -0.25) is 4.90 Å². The third kappa shape index (κ3) is 4.18. The van der Waals surface area contributed by atoms with Crippen LogP contribution in [0.2, 0.25) is 0 Å². The van der Waals surface area contributed by atoms with E-state index in [1.165, 1.54) is 0 Å². The fourth-order valence-corrected chi connectivity index (χ4v) is 2.68. The summed E-state index contributed by atoms with van der Waals surface area (Å²) in [5, 5.41) is 3.19. The lowest BCUT2D eigenvalue weighted by Crippen LogP contribution is -2.47. The molecule has 0 bridgehead atoms. The maximum Gasteiger partial charge on any atom is 0.224 e. The molecule has 0 atom stereocenters. The van der Waals surface area contributed by atoms with E-state index >= 15 is 0 Å². The molecule has 1 saturated heterocycles. The van der Waals surface area contributed by atoms with Crippen LogP contribution in [0.3, 0.4) is 0 Å². The topological polar surface area (TPSA) is 44.3 Å². The molecule has 0 radical (unpaired) electrons. The average Bonchev–Trinajstić information content (AvgIpc) is 2.38. The Morgan fingerprint density at radius 1 is 1.35 bits per heavy atom. The highest BCUT2D eigenvalue weighted by Gasteiger charge is 2.18. The van der Waals surface area contributed by atoms with Crippen LogP contribution >= 0.6 is 15.9 Å². The number of nitrogens with zero attached hydrogens (tertiary/aromatic N) is 4. The molecule has 0 amide bonds. The Balaban J connectivity index is 2.01. The number of halogens is 1. The number of aryl methyl sites for hydroxylation is 1. The molecule has 0 unspecified atom stereocenters. The lowest BCUT2D eigenvalue weighted by molar-refractivity contribution is 0.282. The van der Waals surface area contributed by atoms with Crippen molar-refractivity contribution in [2.45, 2.75) is 13.8 Å². The van der Waals surface area contributed by atoms with Crippen molar-refractivity contribution in [2.24, 2.45) is 0 Å². The summed E-state index contributed by atoms with van der Waals surface area (Å²) >= 11 is 3.43. The van der Waals surface area contributed by atoms with E-state index in [-0.39, 0.29) is 0 Å². The molecule has 6 heteroatoms. The van der Waals surface area contributed by atoms with Crippen molar-refractivity contribution in [3.05, 3.63) is 22.8 Å². The van der Waals surface area contributed by atoms with E-state index < -0.39 is 0 Å². The Kier molecular flexibility index (Phi) is 5.37. The van der Waals surface area contributed by atoms with Crippen LogP contribution in [0.5, 0.6) is 0 Å². The summed E-state index contributed by atoms with van der Waals surface area (Å²) in [6.07, 6.45) is 0. The molecule has 0 saturated carbocycles. The average molecular weight is 340 g/mol. The van der Waals surface area contributed by atoms with Gasteiger partial charge >= 0.3 is 0 Å². The van der Waals surface area contributed by atoms with Crippen molar-refractivity contribution in [2.75, 3.05) is 49.5 Å². The Hall–Kier alpha value is -1.14. The second-order valence-corrected chi connectivity index (χ2v) is 6.12. The third-order valence-electron chi connectivity index (χ3n) is 3.27. The molecule has 5 nitrogen and oxygen atoms in total. The van der Waals surface area contributed by atoms with Gasteiger partial charge in [0.2, 0.25) is 5.95 Å². The smallest absolute Gasteiger partial charge is 0.224 e.